The summed E-state index contributed by atoms with van der Waals surface area (Å²) >= 11 is 0. The minimum atomic E-state index is -0.499. The number of esters is 1. The SMILES string of the molecule is CCc1nc(C(=O)OC)c(N)n1CC1CN(CC)CCO1. The molecule has 1 atom stereocenters. The van der Waals surface area contributed by atoms with Gasteiger partial charge in [0, 0.05) is 19.5 Å². The number of ether oxygens (including phenoxy) is 2. The van der Waals surface area contributed by atoms with E-state index < -0.39 is 5.97 Å². The van der Waals surface area contributed by atoms with Crippen molar-refractivity contribution in [2.45, 2.75) is 32.9 Å². The molecule has 7 nitrogen and oxygen atoms in total. The zero-order chi connectivity index (χ0) is 15.4. The molecule has 0 spiro atoms. The van der Waals surface area contributed by atoms with Crippen molar-refractivity contribution < 1.29 is 14.3 Å². The Morgan fingerprint density at radius 2 is 2.29 bits per heavy atom. The summed E-state index contributed by atoms with van der Waals surface area (Å²) in [6, 6.07) is 0. The van der Waals surface area contributed by atoms with Gasteiger partial charge in [-0.05, 0) is 6.54 Å². The van der Waals surface area contributed by atoms with E-state index in [9.17, 15) is 4.79 Å². The van der Waals surface area contributed by atoms with Crippen LogP contribution in [0.15, 0.2) is 0 Å². The van der Waals surface area contributed by atoms with Gasteiger partial charge in [-0.25, -0.2) is 9.78 Å². The van der Waals surface area contributed by atoms with E-state index in [-0.39, 0.29) is 11.8 Å². The van der Waals surface area contributed by atoms with Gasteiger partial charge in [-0.1, -0.05) is 13.8 Å². The fraction of sp³-hybridized carbons (Fsp3) is 0.714. The van der Waals surface area contributed by atoms with Crippen molar-refractivity contribution in [2.75, 3.05) is 39.1 Å². The summed E-state index contributed by atoms with van der Waals surface area (Å²) in [4.78, 5) is 18.3. The molecule has 1 aliphatic rings. The number of likely N-dealkylation sites (N-methyl/N-ethyl adjacent to an activating group) is 1. The van der Waals surface area contributed by atoms with Gasteiger partial charge in [-0.2, -0.15) is 0 Å². The number of nitrogens with zero attached hydrogens (tertiary/aromatic N) is 3. The first kappa shape index (κ1) is 15.8. The molecule has 0 saturated carbocycles. The van der Waals surface area contributed by atoms with Crippen LogP contribution >= 0.6 is 0 Å². The molecule has 1 unspecified atom stereocenters. The Bertz CT molecular complexity index is 501. The average molecular weight is 296 g/mol. The molecule has 2 N–H and O–H groups in total. The lowest BCUT2D eigenvalue weighted by Crippen LogP contribution is -2.44. The second-order valence-corrected chi connectivity index (χ2v) is 5.10. The van der Waals surface area contributed by atoms with Gasteiger partial charge in [-0.3, -0.25) is 4.90 Å². The Hall–Kier alpha value is -1.60. The maximum Gasteiger partial charge on any atom is 0.360 e. The lowest BCUT2D eigenvalue weighted by atomic mass is 10.2. The van der Waals surface area contributed by atoms with Crippen LogP contribution in [0.3, 0.4) is 0 Å². The van der Waals surface area contributed by atoms with Gasteiger partial charge in [0.1, 0.15) is 11.6 Å². The van der Waals surface area contributed by atoms with Crippen LogP contribution in [-0.4, -0.2) is 59.9 Å². The molecule has 1 aromatic rings. The molecular weight excluding hydrogens is 272 g/mol. The molecule has 1 saturated heterocycles. The quantitative estimate of drug-likeness (QED) is 0.798. The smallest absolute Gasteiger partial charge is 0.360 e. The molecule has 2 heterocycles. The molecule has 1 aromatic heterocycles. The number of methoxy groups -OCH3 is 1. The minimum absolute atomic E-state index is 0.0611. The number of rotatable bonds is 5. The number of aromatic nitrogens is 2. The molecule has 0 radical (unpaired) electrons. The second kappa shape index (κ2) is 6.91. The van der Waals surface area contributed by atoms with Crippen molar-refractivity contribution in [1.82, 2.24) is 14.5 Å². The number of morpholine rings is 1. The lowest BCUT2D eigenvalue weighted by Gasteiger charge is -2.32. The van der Waals surface area contributed by atoms with Gasteiger partial charge in [0.15, 0.2) is 5.69 Å². The summed E-state index contributed by atoms with van der Waals surface area (Å²) in [5, 5.41) is 0. The third kappa shape index (κ3) is 3.36. The number of carbonyl (C=O) groups is 1. The van der Waals surface area contributed by atoms with E-state index in [1.165, 1.54) is 7.11 Å². The number of imidazole rings is 1. The van der Waals surface area contributed by atoms with Crippen molar-refractivity contribution in [3.63, 3.8) is 0 Å². The fourth-order valence-electron chi connectivity index (χ4n) is 2.62. The van der Waals surface area contributed by atoms with Gasteiger partial charge in [0.05, 0.1) is 26.4 Å². The van der Waals surface area contributed by atoms with E-state index in [0.717, 1.165) is 32.1 Å². The Morgan fingerprint density at radius 1 is 1.52 bits per heavy atom. The highest BCUT2D eigenvalue weighted by Gasteiger charge is 2.25. The number of hydrogen-bond donors (Lipinski definition) is 1. The largest absolute Gasteiger partial charge is 0.464 e. The van der Waals surface area contributed by atoms with Gasteiger partial charge in [0.25, 0.3) is 0 Å². The number of nitrogens with two attached hydrogens (primary N) is 1. The molecule has 0 aliphatic carbocycles. The molecular formula is C14H24N4O3. The monoisotopic (exact) mass is 296 g/mol. The summed E-state index contributed by atoms with van der Waals surface area (Å²) in [6.45, 7) is 8.28. The zero-order valence-electron chi connectivity index (χ0n) is 13.0. The number of carbonyl (C=O) groups excluding carboxylic acids is 1. The second-order valence-electron chi connectivity index (χ2n) is 5.10. The minimum Gasteiger partial charge on any atom is -0.464 e. The maximum absolute atomic E-state index is 11.7. The van der Waals surface area contributed by atoms with E-state index in [4.69, 9.17) is 15.2 Å². The molecule has 21 heavy (non-hydrogen) atoms. The molecule has 0 aromatic carbocycles. The molecule has 1 fully saturated rings. The van der Waals surface area contributed by atoms with Crippen molar-refractivity contribution in [1.29, 1.82) is 0 Å². The topological polar surface area (TPSA) is 82.6 Å². The predicted octanol–water partition coefficient (Wildman–Crippen LogP) is 0.535. The number of anilines is 1. The average Bonchev–Trinajstić information content (AvgIpc) is 2.83. The Morgan fingerprint density at radius 3 is 2.90 bits per heavy atom. The van der Waals surface area contributed by atoms with Crippen LogP contribution in [0.2, 0.25) is 0 Å². The first-order valence-corrected chi connectivity index (χ1v) is 7.37. The van der Waals surface area contributed by atoms with E-state index in [1.807, 2.05) is 11.5 Å². The molecule has 118 valence electrons. The normalized spacial score (nSPS) is 19.7. The maximum atomic E-state index is 11.7. The predicted molar refractivity (Wildman–Crippen MR) is 79.2 cm³/mol. The van der Waals surface area contributed by atoms with Crippen molar-refractivity contribution in [3.8, 4) is 0 Å². The molecule has 1 aliphatic heterocycles. The van der Waals surface area contributed by atoms with Crippen LogP contribution in [0.4, 0.5) is 5.82 Å². The zero-order valence-corrected chi connectivity index (χ0v) is 13.0. The third-order valence-electron chi connectivity index (χ3n) is 3.84. The molecule has 7 heteroatoms. The highest BCUT2D eigenvalue weighted by Crippen LogP contribution is 2.18. The first-order valence-electron chi connectivity index (χ1n) is 7.37. The number of nitrogen functional groups attached to an aromatic ring is 1. The van der Waals surface area contributed by atoms with Crippen LogP contribution in [0.1, 0.15) is 30.2 Å². The molecule has 0 bridgehead atoms. The van der Waals surface area contributed by atoms with Gasteiger partial charge >= 0.3 is 5.97 Å². The van der Waals surface area contributed by atoms with E-state index in [2.05, 4.69) is 16.8 Å². The fourth-order valence-corrected chi connectivity index (χ4v) is 2.62. The number of aryl methyl sites for hydroxylation is 1. The highest BCUT2D eigenvalue weighted by molar-refractivity contribution is 5.92. The van der Waals surface area contributed by atoms with Crippen LogP contribution in [0.25, 0.3) is 0 Å². The summed E-state index contributed by atoms with van der Waals surface area (Å²) in [7, 11) is 1.33. The summed E-state index contributed by atoms with van der Waals surface area (Å²) < 4.78 is 12.4. The van der Waals surface area contributed by atoms with E-state index >= 15 is 0 Å². The van der Waals surface area contributed by atoms with Gasteiger partial charge in [-0.15, -0.1) is 0 Å². The lowest BCUT2D eigenvalue weighted by molar-refractivity contribution is -0.0343. The Kier molecular flexibility index (Phi) is 5.19. The van der Waals surface area contributed by atoms with Crippen molar-refractivity contribution in [3.05, 3.63) is 11.5 Å². The summed E-state index contributed by atoms with van der Waals surface area (Å²) in [6.07, 6.45) is 0.761. The van der Waals surface area contributed by atoms with E-state index in [1.54, 1.807) is 0 Å². The van der Waals surface area contributed by atoms with Crippen LogP contribution in [0, 0.1) is 0 Å². The Balaban J connectivity index is 2.18. The van der Waals surface area contributed by atoms with Crippen LogP contribution < -0.4 is 5.73 Å². The summed E-state index contributed by atoms with van der Waals surface area (Å²) in [5.74, 6) is 0.641. The Labute approximate surface area is 125 Å². The third-order valence-corrected chi connectivity index (χ3v) is 3.84. The molecule has 2 rings (SSSR count). The highest BCUT2D eigenvalue weighted by atomic mass is 16.5. The van der Waals surface area contributed by atoms with Crippen molar-refractivity contribution >= 4 is 11.8 Å². The van der Waals surface area contributed by atoms with Crippen molar-refractivity contribution in [2.24, 2.45) is 0 Å². The van der Waals surface area contributed by atoms with Gasteiger partial charge < -0.3 is 19.8 Å². The summed E-state index contributed by atoms with van der Waals surface area (Å²) in [5.41, 5.74) is 6.26. The standard InChI is InChI=1S/C14H24N4O3/c1-4-11-16-12(14(19)20-3)13(15)18(11)9-10-8-17(5-2)6-7-21-10/h10H,4-9,15H2,1-3H3. The van der Waals surface area contributed by atoms with Gasteiger partial charge in [0.2, 0.25) is 0 Å². The number of hydrogen-bond acceptors (Lipinski definition) is 6. The van der Waals surface area contributed by atoms with E-state index in [0.29, 0.717) is 18.8 Å². The molecule has 0 amide bonds. The first-order chi connectivity index (χ1) is 10.1. The van der Waals surface area contributed by atoms with Crippen LogP contribution in [0.5, 0.6) is 0 Å². The van der Waals surface area contributed by atoms with Crippen LogP contribution in [-0.2, 0) is 22.4 Å².